The second kappa shape index (κ2) is 5.04. The number of imidazole rings is 1. The number of likely N-dealkylation sites (tertiary alicyclic amines) is 1. The van der Waals surface area contributed by atoms with Crippen molar-refractivity contribution in [3.05, 3.63) is 24.2 Å². The smallest absolute Gasteiger partial charge is 0.160 e. The Hall–Kier alpha value is -1.07. The molecule has 2 saturated heterocycles. The molecular formula is C15H20N4S. The summed E-state index contributed by atoms with van der Waals surface area (Å²) in [6.45, 7) is 2.29. The molecule has 2 fully saturated rings. The van der Waals surface area contributed by atoms with Crippen LogP contribution in [0.4, 0.5) is 0 Å². The van der Waals surface area contributed by atoms with Crippen LogP contribution < -0.4 is 0 Å². The van der Waals surface area contributed by atoms with Gasteiger partial charge in [-0.3, -0.25) is 0 Å². The van der Waals surface area contributed by atoms with Crippen LogP contribution in [0.15, 0.2) is 18.3 Å². The third kappa shape index (κ3) is 2.04. The quantitative estimate of drug-likeness (QED) is 0.851. The molecule has 2 aliphatic rings. The van der Waals surface area contributed by atoms with Gasteiger partial charge in [0.1, 0.15) is 11.3 Å². The van der Waals surface area contributed by atoms with Crippen molar-refractivity contribution in [1.29, 1.82) is 0 Å². The number of nitrogens with zero attached hydrogens (tertiary/aromatic N) is 4. The molecule has 5 heteroatoms. The fourth-order valence-corrected chi connectivity index (χ4v) is 4.70. The Balaban J connectivity index is 1.84. The third-order valence-corrected chi connectivity index (χ3v) is 5.80. The highest BCUT2D eigenvalue weighted by atomic mass is 32.2. The van der Waals surface area contributed by atoms with Gasteiger partial charge in [-0.15, -0.1) is 0 Å². The largest absolute Gasteiger partial charge is 0.307 e. The van der Waals surface area contributed by atoms with Crippen LogP contribution >= 0.6 is 11.8 Å². The van der Waals surface area contributed by atoms with Gasteiger partial charge >= 0.3 is 0 Å². The molecule has 2 aromatic rings. The Labute approximate surface area is 123 Å². The molecule has 20 heavy (non-hydrogen) atoms. The molecule has 2 atom stereocenters. The zero-order chi connectivity index (χ0) is 13.5. The number of hydrogen-bond acceptors (Lipinski definition) is 4. The van der Waals surface area contributed by atoms with Crippen molar-refractivity contribution in [1.82, 2.24) is 19.4 Å². The first-order valence-corrected chi connectivity index (χ1v) is 8.51. The van der Waals surface area contributed by atoms with E-state index in [0.717, 1.165) is 17.7 Å². The van der Waals surface area contributed by atoms with Crippen LogP contribution in [0.5, 0.6) is 0 Å². The molecule has 2 aromatic heterocycles. The van der Waals surface area contributed by atoms with Crippen molar-refractivity contribution in [2.75, 3.05) is 25.9 Å². The Morgan fingerprint density at radius 3 is 3.05 bits per heavy atom. The number of rotatable bonds is 2. The van der Waals surface area contributed by atoms with Crippen LogP contribution in [-0.4, -0.2) is 45.3 Å². The molecule has 0 amide bonds. The van der Waals surface area contributed by atoms with Crippen molar-refractivity contribution >= 4 is 22.9 Å². The zero-order valence-corrected chi connectivity index (χ0v) is 12.6. The predicted molar refractivity (Wildman–Crippen MR) is 83.1 cm³/mol. The fourth-order valence-electron chi connectivity index (χ4n) is 3.44. The lowest BCUT2D eigenvalue weighted by molar-refractivity contribution is 0.391. The second-order valence-corrected chi connectivity index (χ2v) is 7.20. The molecule has 0 spiro atoms. The maximum absolute atomic E-state index is 4.93. The van der Waals surface area contributed by atoms with Crippen molar-refractivity contribution in [3.8, 4) is 0 Å². The molecule has 0 aromatic carbocycles. The van der Waals surface area contributed by atoms with Crippen molar-refractivity contribution in [2.45, 2.75) is 30.6 Å². The van der Waals surface area contributed by atoms with Gasteiger partial charge in [-0.05, 0) is 50.7 Å². The first-order chi connectivity index (χ1) is 9.83. The topological polar surface area (TPSA) is 34.0 Å². The van der Waals surface area contributed by atoms with Crippen LogP contribution in [-0.2, 0) is 0 Å². The summed E-state index contributed by atoms with van der Waals surface area (Å²) in [7, 11) is 2.20. The highest BCUT2D eigenvalue weighted by molar-refractivity contribution is 7.99. The molecule has 0 radical (unpaired) electrons. The Morgan fingerprint density at radius 1 is 1.35 bits per heavy atom. The number of fused-ring (bicyclic) bond motifs is 1. The monoisotopic (exact) mass is 288 g/mol. The van der Waals surface area contributed by atoms with Crippen molar-refractivity contribution < 1.29 is 0 Å². The molecule has 0 bridgehead atoms. The summed E-state index contributed by atoms with van der Waals surface area (Å²) in [6.07, 6.45) is 5.68. The molecule has 4 heterocycles. The van der Waals surface area contributed by atoms with Crippen LogP contribution in [0.3, 0.4) is 0 Å². The van der Waals surface area contributed by atoms with Gasteiger partial charge in [0.2, 0.25) is 0 Å². The van der Waals surface area contributed by atoms with E-state index in [9.17, 15) is 0 Å². The molecule has 106 valence electrons. The number of aromatic nitrogens is 3. The van der Waals surface area contributed by atoms with E-state index < -0.39 is 0 Å². The molecule has 0 saturated carbocycles. The maximum atomic E-state index is 4.93. The molecule has 4 nitrogen and oxygen atoms in total. The standard InChI is InChI=1S/C15H20N4S/c1-18-8-6-11(10-18)19-14-12(4-2-7-16-14)17-15(19)13-5-3-9-20-13/h2,4,7,11,13H,3,5-6,8-10H2,1H3. The Kier molecular flexibility index (Phi) is 3.19. The summed E-state index contributed by atoms with van der Waals surface area (Å²) in [5.74, 6) is 2.53. The van der Waals surface area contributed by atoms with Gasteiger partial charge in [-0.1, -0.05) is 0 Å². The molecule has 2 unspecified atom stereocenters. The van der Waals surface area contributed by atoms with Crippen molar-refractivity contribution in [2.24, 2.45) is 0 Å². The Morgan fingerprint density at radius 2 is 2.30 bits per heavy atom. The summed E-state index contributed by atoms with van der Waals surface area (Å²) in [5.41, 5.74) is 2.14. The normalized spacial score (nSPS) is 27.6. The summed E-state index contributed by atoms with van der Waals surface area (Å²) in [4.78, 5) is 11.9. The lowest BCUT2D eigenvalue weighted by Crippen LogP contribution is -2.18. The minimum Gasteiger partial charge on any atom is -0.307 e. The van der Waals surface area contributed by atoms with Crippen molar-refractivity contribution in [3.63, 3.8) is 0 Å². The zero-order valence-electron chi connectivity index (χ0n) is 11.8. The molecule has 0 aliphatic carbocycles. The fraction of sp³-hybridized carbons (Fsp3) is 0.600. The molecular weight excluding hydrogens is 268 g/mol. The van der Waals surface area contributed by atoms with E-state index in [0.29, 0.717) is 11.3 Å². The van der Waals surface area contributed by atoms with Gasteiger partial charge in [0.25, 0.3) is 0 Å². The second-order valence-electron chi connectivity index (χ2n) is 5.89. The van der Waals surface area contributed by atoms with E-state index in [2.05, 4.69) is 39.3 Å². The minimum absolute atomic E-state index is 0.538. The lowest BCUT2D eigenvalue weighted by Gasteiger charge is -2.18. The van der Waals surface area contributed by atoms with E-state index in [1.165, 1.54) is 37.4 Å². The summed E-state index contributed by atoms with van der Waals surface area (Å²) < 4.78 is 2.45. The third-order valence-electron chi connectivity index (χ3n) is 4.43. The number of hydrogen-bond donors (Lipinski definition) is 0. The van der Waals surface area contributed by atoms with E-state index in [-0.39, 0.29) is 0 Å². The lowest BCUT2D eigenvalue weighted by atomic mass is 10.2. The minimum atomic E-state index is 0.538. The molecule has 2 aliphatic heterocycles. The van der Waals surface area contributed by atoms with Gasteiger partial charge in [0.05, 0.1) is 11.3 Å². The van der Waals surface area contributed by atoms with Gasteiger partial charge in [0.15, 0.2) is 5.65 Å². The summed E-state index contributed by atoms with van der Waals surface area (Å²) in [5, 5.41) is 0.565. The highest BCUT2D eigenvalue weighted by Gasteiger charge is 2.30. The van der Waals surface area contributed by atoms with E-state index >= 15 is 0 Å². The summed E-state index contributed by atoms with van der Waals surface area (Å²) >= 11 is 2.06. The van der Waals surface area contributed by atoms with Crippen LogP contribution in [0, 0.1) is 0 Å². The molecule has 4 rings (SSSR count). The average Bonchev–Trinajstić information content (AvgIpc) is 3.16. The first-order valence-electron chi connectivity index (χ1n) is 7.46. The average molecular weight is 288 g/mol. The predicted octanol–water partition coefficient (Wildman–Crippen LogP) is 2.88. The van der Waals surface area contributed by atoms with Crippen LogP contribution in [0.1, 0.15) is 36.4 Å². The van der Waals surface area contributed by atoms with E-state index in [1.807, 2.05) is 12.3 Å². The van der Waals surface area contributed by atoms with Gasteiger partial charge in [0, 0.05) is 12.7 Å². The van der Waals surface area contributed by atoms with Crippen LogP contribution in [0.25, 0.3) is 11.2 Å². The van der Waals surface area contributed by atoms with Gasteiger partial charge in [-0.2, -0.15) is 11.8 Å². The first kappa shape index (κ1) is 12.7. The van der Waals surface area contributed by atoms with Crippen LogP contribution in [0.2, 0.25) is 0 Å². The van der Waals surface area contributed by atoms with E-state index in [1.54, 1.807) is 0 Å². The highest BCUT2D eigenvalue weighted by Crippen LogP contribution is 2.42. The van der Waals surface area contributed by atoms with Gasteiger partial charge in [-0.25, -0.2) is 9.97 Å². The summed E-state index contributed by atoms with van der Waals surface area (Å²) in [6, 6.07) is 4.63. The SMILES string of the molecule is CN1CCC(n2c(C3CCCS3)nc3cccnc32)C1. The number of pyridine rings is 1. The van der Waals surface area contributed by atoms with Gasteiger partial charge < -0.3 is 9.47 Å². The Bertz CT molecular complexity index is 617. The van der Waals surface area contributed by atoms with E-state index in [4.69, 9.17) is 4.98 Å². The number of thioether (sulfide) groups is 1. The maximum Gasteiger partial charge on any atom is 0.160 e. The number of likely N-dealkylation sites (N-methyl/N-ethyl adjacent to an activating group) is 1. The molecule has 0 N–H and O–H groups in total.